The van der Waals surface area contributed by atoms with Gasteiger partial charge >= 0.3 is 12.4 Å². The number of benzene rings is 3. The minimum atomic E-state index is -4.61. The van der Waals surface area contributed by atoms with Crippen molar-refractivity contribution >= 4 is 22.4 Å². The fourth-order valence-electron chi connectivity index (χ4n) is 4.99. The molecule has 0 radical (unpaired) electrons. The zero-order chi connectivity index (χ0) is 27.2. The van der Waals surface area contributed by atoms with Gasteiger partial charge in [-0.2, -0.15) is 26.3 Å². The molecule has 1 N–H and O–H groups in total. The first kappa shape index (κ1) is 25.8. The predicted molar refractivity (Wildman–Crippen MR) is 135 cm³/mol. The third-order valence-electron chi connectivity index (χ3n) is 6.88. The Morgan fingerprint density at radius 1 is 0.842 bits per heavy atom. The maximum absolute atomic E-state index is 13.8. The van der Waals surface area contributed by atoms with Crippen LogP contribution in [-0.4, -0.2) is 9.97 Å². The molecule has 0 saturated carbocycles. The molecule has 0 saturated heterocycles. The quantitative estimate of drug-likeness (QED) is 0.269. The lowest BCUT2D eigenvalue weighted by Gasteiger charge is -2.30. The van der Waals surface area contributed by atoms with Gasteiger partial charge in [0.2, 0.25) is 0 Å². The van der Waals surface area contributed by atoms with E-state index in [2.05, 4.69) is 15.3 Å². The van der Waals surface area contributed by atoms with Crippen molar-refractivity contribution in [3.05, 3.63) is 94.6 Å². The summed E-state index contributed by atoms with van der Waals surface area (Å²) < 4.78 is 81.7. The summed E-state index contributed by atoms with van der Waals surface area (Å²) >= 11 is 0. The summed E-state index contributed by atoms with van der Waals surface area (Å²) in [6.45, 7) is 3.83. The summed E-state index contributed by atoms with van der Waals surface area (Å²) in [6.07, 6.45) is -7.87. The second-order valence-electron chi connectivity index (χ2n) is 9.35. The van der Waals surface area contributed by atoms with Crippen molar-refractivity contribution in [2.45, 2.75) is 45.0 Å². The fourth-order valence-corrected chi connectivity index (χ4v) is 4.99. The third-order valence-corrected chi connectivity index (χ3v) is 6.88. The number of allylic oxidation sites excluding steroid dienone is 1. The number of nitrogens with one attached hydrogen (secondary N) is 1. The molecular formula is C29H23F6N3. The smallest absolute Gasteiger partial charge is 0.339 e. The Morgan fingerprint density at radius 2 is 1.55 bits per heavy atom. The van der Waals surface area contributed by atoms with Gasteiger partial charge < -0.3 is 5.32 Å². The minimum absolute atomic E-state index is 0.0887. The number of halogens is 6. The minimum Gasteiger partial charge on any atom is -0.339 e. The van der Waals surface area contributed by atoms with Gasteiger partial charge in [0.05, 0.1) is 16.6 Å². The fraction of sp³-hybridized carbons (Fsp3) is 0.241. The standard InChI is InChI=1S/C29H23F6N3/c1-3-17-14-16(2)25(19-13-12-18(15-22(17)19)28(30,31)32)37-27-21-9-5-7-11-24(21)36-26(38-27)20-8-4-6-10-23(20)29(33,34)35/h4-13,15,17H,3,14H2,1-2H3,(H,36,37,38). The number of hydrogen-bond acceptors (Lipinski definition) is 3. The van der Waals surface area contributed by atoms with Crippen LogP contribution in [0.15, 0.2) is 72.3 Å². The number of rotatable bonds is 4. The largest absolute Gasteiger partial charge is 0.417 e. The van der Waals surface area contributed by atoms with Gasteiger partial charge in [-0.05, 0) is 67.2 Å². The summed E-state index contributed by atoms with van der Waals surface area (Å²) in [4.78, 5) is 8.91. The SMILES string of the molecule is CCC1CC(C)=C(Nc2nc(-c3ccccc3C(F)(F)F)nc3ccccc23)c2ccc(C(F)(F)F)cc21. The number of para-hydroxylation sites is 1. The zero-order valence-electron chi connectivity index (χ0n) is 20.5. The van der Waals surface area contributed by atoms with Gasteiger partial charge in [-0.1, -0.05) is 43.3 Å². The summed E-state index contributed by atoms with van der Waals surface area (Å²) in [5.41, 5.74) is 1.41. The lowest BCUT2D eigenvalue weighted by molar-refractivity contribution is -0.138. The molecule has 3 nitrogen and oxygen atoms in total. The van der Waals surface area contributed by atoms with E-state index in [1.165, 1.54) is 30.3 Å². The van der Waals surface area contributed by atoms with E-state index in [1.54, 1.807) is 24.3 Å². The average molecular weight is 528 g/mol. The highest BCUT2D eigenvalue weighted by Gasteiger charge is 2.35. The number of hydrogen-bond donors (Lipinski definition) is 1. The Hall–Kier alpha value is -3.88. The van der Waals surface area contributed by atoms with Gasteiger partial charge in [-0.15, -0.1) is 0 Å². The Kier molecular flexibility index (Phi) is 6.41. The molecule has 38 heavy (non-hydrogen) atoms. The molecule has 0 aliphatic heterocycles. The van der Waals surface area contributed by atoms with Crippen LogP contribution in [0, 0.1) is 0 Å². The Labute approximate surface area is 215 Å². The average Bonchev–Trinajstić information content (AvgIpc) is 2.88. The normalized spacial score (nSPS) is 16.1. The predicted octanol–water partition coefficient (Wildman–Crippen LogP) is 9.07. The van der Waals surface area contributed by atoms with Crippen molar-refractivity contribution in [2.24, 2.45) is 0 Å². The van der Waals surface area contributed by atoms with Crippen LogP contribution in [0.25, 0.3) is 28.0 Å². The Bertz CT molecular complexity index is 1550. The van der Waals surface area contributed by atoms with Crippen LogP contribution in [-0.2, 0) is 12.4 Å². The van der Waals surface area contributed by atoms with E-state index in [4.69, 9.17) is 0 Å². The van der Waals surface area contributed by atoms with Gasteiger partial charge in [0.15, 0.2) is 5.82 Å². The zero-order valence-corrected chi connectivity index (χ0v) is 20.5. The molecule has 1 aliphatic rings. The molecule has 1 aliphatic carbocycles. The monoisotopic (exact) mass is 527 g/mol. The number of fused-ring (bicyclic) bond motifs is 2. The van der Waals surface area contributed by atoms with Gasteiger partial charge in [-0.25, -0.2) is 9.97 Å². The van der Waals surface area contributed by atoms with Gasteiger partial charge in [0.1, 0.15) is 5.82 Å². The molecule has 1 unspecified atom stereocenters. The van der Waals surface area contributed by atoms with Crippen molar-refractivity contribution in [2.75, 3.05) is 5.32 Å². The first-order valence-electron chi connectivity index (χ1n) is 12.1. The van der Waals surface area contributed by atoms with E-state index >= 15 is 0 Å². The van der Waals surface area contributed by atoms with Crippen molar-refractivity contribution in [3.8, 4) is 11.4 Å². The third kappa shape index (κ3) is 4.73. The van der Waals surface area contributed by atoms with Crippen molar-refractivity contribution in [3.63, 3.8) is 0 Å². The van der Waals surface area contributed by atoms with E-state index in [9.17, 15) is 26.3 Å². The molecular weight excluding hydrogens is 504 g/mol. The Balaban J connectivity index is 1.67. The van der Waals surface area contributed by atoms with Crippen molar-refractivity contribution < 1.29 is 26.3 Å². The second kappa shape index (κ2) is 9.45. The molecule has 3 aromatic carbocycles. The highest BCUT2D eigenvalue weighted by Crippen LogP contribution is 2.44. The summed E-state index contributed by atoms with van der Waals surface area (Å²) in [5.74, 6) is 0.0826. The van der Waals surface area contributed by atoms with Crippen LogP contribution in [0.2, 0.25) is 0 Å². The van der Waals surface area contributed by atoms with Crippen LogP contribution in [0.1, 0.15) is 54.9 Å². The van der Waals surface area contributed by atoms with Gasteiger partial charge in [0, 0.05) is 22.2 Å². The van der Waals surface area contributed by atoms with Crippen LogP contribution in [0.4, 0.5) is 32.2 Å². The molecule has 4 aromatic rings. The molecule has 0 bridgehead atoms. The van der Waals surface area contributed by atoms with Crippen LogP contribution in [0.3, 0.4) is 0 Å². The lowest BCUT2D eigenvalue weighted by Crippen LogP contribution is -2.17. The van der Waals surface area contributed by atoms with E-state index in [0.717, 1.165) is 17.7 Å². The Morgan fingerprint density at radius 3 is 2.26 bits per heavy atom. The molecule has 196 valence electrons. The highest BCUT2D eigenvalue weighted by atomic mass is 19.4. The van der Waals surface area contributed by atoms with Crippen molar-refractivity contribution in [1.82, 2.24) is 9.97 Å². The van der Waals surface area contributed by atoms with E-state index in [0.29, 0.717) is 40.6 Å². The van der Waals surface area contributed by atoms with Crippen LogP contribution < -0.4 is 5.32 Å². The molecule has 1 aromatic heterocycles. The van der Waals surface area contributed by atoms with Gasteiger partial charge in [0.25, 0.3) is 0 Å². The highest BCUT2D eigenvalue weighted by molar-refractivity contribution is 5.95. The molecule has 1 heterocycles. The first-order valence-corrected chi connectivity index (χ1v) is 12.1. The number of anilines is 1. The molecule has 0 amide bonds. The van der Waals surface area contributed by atoms with Crippen LogP contribution in [0.5, 0.6) is 0 Å². The van der Waals surface area contributed by atoms with E-state index < -0.39 is 23.5 Å². The molecule has 0 spiro atoms. The van der Waals surface area contributed by atoms with Crippen molar-refractivity contribution in [1.29, 1.82) is 0 Å². The number of aromatic nitrogens is 2. The first-order chi connectivity index (χ1) is 18.0. The lowest BCUT2D eigenvalue weighted by atomic mass is 9.79. The summed E-state index contributed by atoms with van der Waals surface area (Å²) in [6, 6.07) is 15.7. The second-order valence-corrected chi connectivity index (χ2v) is 9.35. The molecule has 5 rings (SSSR count). The van der Waals surface area contributed by atoms with Crippen LogP contribution >= 0.6 is 0 Å². The summed E-state index contributed by atoms with van der Waals surface area (Å²) in [7, 11) is 0. The van der Waals surface area contributed by atoms with E-state index in [1.807, 2.05) is 13.8 Å². The maximum Gasteiger partial charge on any atom is 0.417 e. The van der Waals surface area contributed by atoms with Gasteiger partial charge in [-0.3, -0.25) is 0 Å². The topological polar surface area (TPSA) is 37.8 Å². The maximum atomic E-state index is 13.8. The number of nitrogens with zero attached hydrogens (tertiary/aromatic N) is 2. The number of alkyl halides is 6. The molecule has 1 atom stereocenters. The summed E-state index contributed by atoms with van der Waals surface area (Å²) in [5, 5.41) is 3.84. The molecule has 9 heteroatoms. The van der Waals surface area contributed by atoms with E-state index in [-0.39, 0.29) is 23.1 Å². The molecule has 0 fully saturated rings.